The number of aromatic nitrogens is 1. The lowest BCUT2D eigenvalue weighted by Crippen LogP contribution is -2.09. The minimum Gasteiger partial charge on any atom is -0.310 e. The highest BCUT2D eigenvalue weighted by Crippen LogP contribution is 2.44. The molecule has 0 amide bonds. The van der Waals surface area contributed by atoms with Gasteiger partial charge in [0.1, 0.15) is 0 Å². The van der Waals surface area contributed by atoms with Crippen LogP contribution in [0.25, 0.3) is 89.7 Å². The molecule has 4 heteroatoms. The van der Waals surface area contributed by atoms with Crippen LogP contribution >= 0.6 is 22.7 Å². The average molecular weight is 749 g/mol. The maximum Gasteiger partial charge on any atom is 0.0619 e. The molecule has 3 aromatic heterocycles. The summed E-state index contributed by atoms with van der Waals surface area (Å²) in [5.74, 6) is 0. The van der Waals surface area contributed by atoms with Crippen LogP contribution in [0.15, 0.2) is 194 Å². The Labute approximate surface area is 331 Å². The molecule has 0 radical (unpaired) electrons. The third-order valence-electron chi connectivity index (χ3n) is 11.4. The molecule has 0 spiro atoms. The first-order valence-electron chi connectivity index (χ1n) is 19.0. The van der Waals surface area contributed by atoms with E-state index in [4.69, 9.17) is 0 Å². The Balaban J connectivity index is 0.955. The number of para-hydroxylation sites is 1. The molecule has 12 aromatic rings. The first-order valence-corrected chi connectivity index (χ1v) is 20.6. The summed E-state index contributed by atoms with van der Waals surface area (Å²) in [6.45, 7) is 0. The van der Waals surface area contributed by atoms with Gasteiger partial charge in [-0.15, -0.1) is 22.7 Å². The molecule has 56 heavy (non-hydrogen) atoms. The molecule has 0 saturated carbocycles. The maximum atomic E-state index is 2.43. The third kappa shape index (κ3) is 4.86. The fourth-order valence-corrected chi connectivity index (χ4v) is 11.0. The van der Waals surface area contributed by atoms with Crippen LogP contribution in [0.5, 0.6) is 0 Å². The fraction of sp³-hybridized carbons (Fsp3) is 0. The van der Waals surface area contributed by atoms with Crippen LogP contribution in [0.2, 0.25) is 0 Å². The lowest BCUT2D eigenvalue weighted by atomic mass is 10.0. The summed E-state index contributed by atoms with van der Waals surface area (Å²) in [5, 5.41) is 10.3. The number of fused-ring (bicyclic) bond motifs is 11. The minimum atomic E-state index is 1.13. The molecule has 12 rings (SSSR count). The van der Waals surface area contributed by atoms with Gasteiger partial charge in [-0.25, -0.2) is 0 Å². The zero-order valence-corrected chi connectivity index (χ0v) is 31.8. The Morgan fingerprint density at radius 2 is 0.821 bits per heavy atom. The Bertz CT molecular complexity index is 3360. The van der Waals surface area contributed by atoms with Crippen molar-refractivity contribution >= 4 is 113 Å². The van der Waals surface area contributed by atoms with E-state index in [0.717, 1.165) is 22.7 Å². The number of thiophene rings is 2. The molecule has 262 valence electrons. The summed E-state index contributed by atoms with van der Waals surface area (Å²) >= 11 is 3.73. The molecule has 3 heterocycles. The smallest absolute Gasteiger partial charge is 0.0619 e. The van der Waals surface area contributed by atoms with Crippen molar-refractivity contribution < 1.29 is 0 Å². The maximum absolute atomic E-state index is 2.43. The van der Waals surface area contributed by atoms with Gasteiger partial charge >= 0.3 is 0 Å². The molecule has 0 aliphatic heterocycles. The van der Waals surface area contributed by atoms with Crippen molar-refractivity contribution in [2.24, 2.45) is 0 Å². The van der Waals surface area contributed by atoms with Crippen LogP contribution in [-0.2, 0) is 0 Å². The summed E-state index contributed by atoms with van der Waals surface area (Å²) in [7, 11) is 0. The highest BCUT2D eigenvalue weighted by molar-refractivity contribution is 7.26. The SMILES string of the molecule is c1ccc2c(c1)ccc1c3ccccc3n(-c3ccc(-c4ccc(N(c5ccc6c(c5)sc5ccccc56)c5ccc6c(c5)sc5ccccc56)cc4)cc3)c21. The molecule has 2 nitrogen and oxygen atoms in total. The topological polar surface area (TPSA) is 8.17 Å². The van der Waals surface area contributed by atoms with E-state index in [0.29, 0.717) is 0 Å². The van der Waals surface area contributed by atoms with Crippen molar-refractivity contribution in [2.75, 3.05) is 4.90 Å². The quantitative estimate of drug-likeness (QED) is 0.170. The van der Waals surface area contributed by atoms with E-state index in [1.54, 1.807) is 0 Å². The van der Waals surface area contributed by atoms with Crippen LogP contribution in [0.1, 0.15) is 0 Å². The van der Waals surface area contributed by atoms with Gasteiger partial charge in [0.15, 0.2) is 0 Å². The molecule has 0 fully saturated rings. The van der Waals surface area contributed by atoms with E-state index in [1.165, 1.54) is 84.0 Å². The second-order valence-corrected chi connectivity index (χ2v) is 16.7. The Morgan fingerprint density at radius 3 is 1.46 bits per heavy atom. The zero-order chi connectivity index (χ0) is 36.7. The first kappa shape index (κ1) is 31.6. The van der Waals surface area contributed by atoms with Crippen molar-refractivity contribution in [3.8, 4) is 16.8 Å². The van der Waals surface area contributed by atoms with Gasteiger partial charge in [-0.05, 0) is 83.2 Å². The summed E-state index contributed by atoms with van der Waals surface area (Å²) in [5.41, 5.74) is 9.45. The fourth-order valence-electron chi connectivity index (χ4n) is 8.76. The lowest BCUT2D eigenvalue weighted by Gasteiger charge is -2.26. The Kier molecular flexibility index (Phi) is 7.00. The van der Waals surface area contributed by atoms with Gasteiger partial charge in [-0.3, -0.25) is 0 Å². The van der Waals surface area contributed by atoms with Gasteiger partial charge in [-0.1, -0.05) is 127 Å². The highest BCUT2D eigenvalue weighted by Gasteiger charge is 2.18. The molecule has 0 aliphatic carbocycles. The highest BCUT2D eigenvalue weighted by atomic mass is 32.1. The molecule has 9 aromatic carbocycles. The Hall–Kier alpha value is -6.72. The van der Waals surface area contributed by atoms with Crippen LogP contribution in [0.4, 0.5) is 17.1 Å². The van der Waals surface area contributed by atoms with E-state index in [1.807, 2.05) is 22.7 Å². The van der Waals surface area contributed by atoms with Crippen molar-refractivity contribution in [2.45, 2.75) is 0 Å². The molecule has 0 saturated heterocycles. The normalized spacial score (nSPS) is 11.9. The standard InChI is InChI=1S/C52H32N2S2/c1-2-10-40-35(9-1)21-28-46-41-11-3-6-14-47(41)54(52(40)46)37-24-19-34(20-25-37)33-17-22-36(23-18-33)53(38-26-29-44-42-12-4-7-15-48(42)55-50(44)31-38)39-27-30-45-43-13-5-8-16-49(43)56-51(45)32-39/h1-32H. The van der Waals surface area contributed by atoms with Crippen molar-refractivity contribution in [1.29, 1.82) is 0 Å². The van der Waals surface area contributed by atoms with E-state index in [2.05, 4.69) is 204 Å². The van der Waals surface area contributed by atoms with Crippen LogP contribution in [-0.4, -0.2) is 4.57 Å². The lowest BCUT2D eigenvalue weighted by molar-refractivity contribution is 1.19. The van der Waals surface area contributed by atoms with Crippen LogP contribution in [0.3, 0.4) is 0 Å². The molecular formula is C52H32N2S2. The van der Waals surface area contributed by atoms with E-state index < -0.39 is 0 Å². The monoisotopic (exact) mass is 748 g/mol. The predicted octanol–water partition coefficient (Wildman–Crippen LogP) is 15.8. The van der Waals surface area contributed by atoms with Gasteiger partial charge < -0.3 is 9.47 Å². The molecule has 0 atom stereocenters. The second kappa shape index (κ2) is 12.4. The number of hydrogen-bond acceptors (Lipinski definition) is 3. The molecule has 0 unspecified atom stereocenters. The second-order valence-electron chi connectivity index (χ2n) is 14.5. The average Bonchev–Trinajstić information content (AvgIpc) is 3.93. The largest absolute Gasteiger partial charge is 0.310 e. The van der Waals surface area contributed by atoms with Gasteiger partial charge in [0, 0.05) is 79.3 Å². The van der Waals surface area contributed by atoms with Crippen molar-refractivity contribution in [3.05, 3.63) is 194 Å². The molecule has 0 N–H and O–H groups in total. The van der Waals surface area contributed by atoms with E-state index in [9.17, 15) is 0 Å². The first-order chi connectivity index (χ1) is 27.7. The summed E-state index contributed by atoms with van der Waals surface area (Å²) in [4.78, 5) is 2.41. The summed E-state index contributed by atoms with van der Waals surface area (Å²) in [6, 6.07) is 71.4. The van der Waals surface area contributed by atoms with Gasteiger partial charge in [0.2, 0.25) is 0 Å². The summed E-state index contributed by atoms with van der Waals surface area (Å²) in [6.07, 6.45) is 0. The number of benzene rings is 9. The predicted molar refractivity (Wildman–Crippen MR) is 244 cm³/mol. The number of anilines is 3. The van der Waals surface area contributed by atoms with Gasteiger partial charge in [-0.2, -0.15) is 0 Å². The molecular weight excluding hydrogens is 717 g/mol. The van der Waals surface area contributed by atoms with Crippen LogP contribution < -0.4 is 4.90 Å². The van der Waals surface area contributed by atoms with Crippen molar-refractivity contribution in [1.82, 2.24) is 4.57 Å². The van der Waals surface area contributed by atoms with Crippen molar-refractivity contribution in [3.63, 3.8) is 0 Å². The number of rotatable bonds is 5. The number of hydrogen-bond donors (Lipinski definition) is 0. The van der Waals surface area contributed by atoms with Gasteiger partial charge in [0.05, 0.1) is 11.0 Å². The minimum absolute atomic E-state index is 1.13. The summed E-state index contributed by atoms with van der Waals surface area (Å²) < 4.78 is 7.66. The Morgan fingerprint density at radius 1 is 0.339 bits per heavy atom. The third-order valence-corrected chi connectivity index (χ3v) is 13.7. The van der Waals surface area contributed by atoms with Gasteiger partial charge in [0.25, 0.3) is 0 Å². The number of nitrogens with zero attached hydrogens (tertiary/aromatic N) is 2. The molecule has 0 bridgehead atoms. The molecule has 0 aliphatic rings. The van der Waals surface area contributed by atoms with E-state index >= 15 is 0 Å². The van der Waals surface area contributed by atoms with Crippen LogP contribution in [0, 0.1) is 0 Å². The zero-order valence-electron chi connectivity index (χ0n) is 30.2. The van der Waals surface area contributed by atoms with E-state index in [-0.39, 0.29) is 0 Å².